The summed E-state index contributed by atoms with van der Waals surface area (Å²) in [6.07, 6.45) is -6.62. The number of carbonyl (C=O) groups is 6. The molecule has 0 fully saturated rings. The van der Waals surface area contributed by atoms with E-state index in [9.17, 15) is 89.9 Å². The number of carbonyl (C=O) groups excluding carboxylic acids is 6. The smallest absolute Gasteiger partial charge is 0.453 e. The van der Waals surface area contributed by atoms with E-state index >= 15 is 0 Å². The monoisotopic (exact) mass is 2080 g/mol. The quantitative estimate of drug-likeness (QED) is 0.0206. The predicted octanol–water partition coefficient (Wildman–Crippen LogP) is 24.9. The van der Waals surface area contributed by atoms with E-state index in [1.54, 1.807) is 36.4 Å². The van der Waals surface area contributed by atoms with Crippen LogP contribution in [-0.2, 0) is 46.3 Å². The van der Waals surface area contributed by atoms with E-state index in [4.69, 9.17) is 58.2 Å². The Bertz CT molecular complexity index is 5370. The van der Waals surface area contributed by atoms with Crippen LogP contribution in [0.2, 0.25) is 21.6 Å². The molecule has 2 amide bonds. The molecule has 0 heterocycles. The van der Waals surface area contributed by atoms with Gasteiger partial charge in [0.1, 0.15) is 36.2 Å². The number of ketones is 4. The molecule has 0 spiro atoms. The van der Waals surface area contributed by atoms with E-state index in [1.807, 2.05) is 120 Å². The second-order valence-electron chi connectivity index (χ2n) is 33.4. The fraction of sp³-hybridized carbons (Fsp3) is 0.389. The van der Waals surface area contributed by atoms with Gasteiger partial charge >= 0.3 is 24.7 Å². The van der Waals surface area contributed by atoms with Gasteiger partial charge in [0.05, 0.1) is 31.2 Å². The largest absolute Gasteiger partial charge is 0.493 e. The summed E-state index contributed by atoms with van der Waals surface area (Å²) in [5.74, 6) is -7.79. The molecule has 2 N–H and O–H groups in total. The zero-order valence-corrected chi connectivity index (χ0v) is 82.2. The maximum atomic E-state index is 12.5. The number of likely N-dealkylation sites (N-methyl/N-ethyl adjacent to an activating group) is 2. The standard InChI is InChI=1S/C29H31ClF3NO2.C27H26Cl2F3NO2.C25H24F3NO4Si.C24H36F3NO5S.3CH4/c1-20-6-10-23(11-7-20)27(24-12-14-25(30)15-13-24)19-34(3)18-4-5-22-8-16-26(17-9-22)36-21(2)28(35)29(31,32)33;1-33(16-2-3-19-4-14-24(15-5-19)35-18-26(34)27(30,31)32)17-25(20-6-10-22(28)11-7-20)21-8-12-23(29)13-9-21;1-34(21-8-4-2-5-9-21,22-10-6-3-7-11-22)33-17-16-32-20-14-12-19(13-15-20)24(31)29-18-23(30)25(26,27)28;1-2-3-4-5-6-7-8-9-10-11-17-34(31,32)18-16-33-21-14-12-20(13-15-21)23(30)28-19-22(29)24(25,26)27;;;/h6-17,21,27H,4-5,18-19H2,1-3H3;4-15,25H,2-3,16-18H2,1H3;2-15H,16-18H2,1H3,(H,29,31);12-15H,2-11,16-19H2,1H3,(H,28,30);3*1H4/t21-,27?;;;;;;/m1....../s1. The SMILES string of the molecule is C.C.C.CCCCCCCCCCCCS(=O)(=O)CCOc1ccc(C(=O)NCC(=O)C(F)(F)F)cc1.CN(CCCc1ccc(OCC(=O)C(F)(F)F)cc1)CC(c1ccc(Cl)cc1)c1ccc(Cl)cc1.C[Si](OCCOc1ccc(C(=O)NCC(=O)C(F)(F)F)cc1)(c1ccccc1)c1ccccc1.Cc1ccc(C(CN(C)CCCc2ccc(O[C@H](C)C(=O)C(F)(F)F)cc2)c2ccc(Cl)cc2)cc1. The van der Waals surface area contributed by atoms with E-state index in [2.05, 4.69) is 105 Å². The molecule has 142 heavy (non-hydrogen) atoms. The number of amides is 2. The Labute approximate surface area is 843 Å². The lowest BCUT2D eigenvalue weighted by Gasteiger charge is -2.28. The molecule has 0 saturated carbocycles. The Balaban J connectivity index is 0.000000392. The molecule has 0 radical (unpaired) electrons. The first-order chi connectivity index (χ1) is 65.9. The first-order valence-electron chi connectivity index (χ1n) is 45.5. The van der Waals surface area contributed by atoms with Crippen molar-refractivity contribution in [3.05, 3.63) is 320 Å². The van der Waals surface area contributed by atoms with Gasteiger partial charge in [0.2, 0.25) is 0 Å². The van der Waals surface area contributed by atoms with Crippen molar-refractivity contribution < 1.29 is 113 Å². The number of alkyl halides is 12. The Morgan fingerprint density at radius 2 is 0.732 bits per heavy atom. The van der Waals surface area contributed by atoms with Gasteiger partial charge in [-0.1, -0.05) is 273 Å². The van der Waals surface area contributed by atoms with Crippen LogP contribution in [-0.4, -0.2) is 184 Å². The lowest BCUT2D eigenvalue weighted by molar-refractivity contribution is -0.177. The predicted molar refractivity (Wildman–Crippen MR) is 543 cm³/mol. The van der Waals surface area contributed by atoms with Gasteiger partial charge in [-0.15, -0.1) is 0 Å². The van der Waals surface area contributed by atoms with Crippen LogP contribution in [0.25, 0.3) is 0 Å². The van der Waals surface area contributed by atoms with Gasteiger partial charge in [-0.05, 0) is 233 Å². The maximum Gasteiger partial charge on any atom is 0.453 e. The van der Waals surface area contributed by atoms with Gasteiger partial charge in [0, 0.05) is 51.1 Å². The highest BCUT2D eigenvalue weighted by atomic mass is 35.5. The summed E-state index contributed by atoms with van der Waals surface area (Å²) in [5, 5.41) is 8.25. The summed E-state index contributed by atoms with van der Waals surface area (Å²) in [5.41, 5.74) is 8.29. The average Bonchev–Trinajstić information content (AvgIpc) is 0.796. The first-order valence-corrected chi connectivity index (χ1v) is 50.8. The third-order valence-corrected chi connectivity index (χ3v) is 28.4. The molecule has 10 rings (SSSR count). The number of nitrogens with zero attached hydrogens (tertiary/aromatic N) is 2. The number of hydrogen-bond donors (Lipinski definition) is 2. The summed E-state index contributed by atoms with van der Waals surface area (Å²) in [6.45, 7) is 8.22. The first kappa shape index (κ1) is 123. The van der Waals surface area contributed by atoms with Crippen LogP contribution in [0.15, 0.2) is 255 Å². The van der Waals surface area contributed by atoms with Gasteiger partial charge in [0.15, 0.2) is 22.5 Å². The number of rotatable bonds is 50. The Morgan fingerprint density at radius 1 is 0.394 bits per heavy atom. The molecule has 0 aromatic heterocycles. The Hall–Kier alpha value is -10.9. The van der Waals surface area contributed by atoms with E-state index < -0.39 is 104 Å². The molecular weight excluding hydrogens is 1960 g/mol. The summed E-state index contributed by atoms with van der Waals surface area (Å²) in [7, 11) is -1.48. The number of sulfone groups is 1. The molecule has 10 aromatic carbocycles. The van der Waals surface area contributed by atoms with Crippen LogP contribution >= 0.6 is 34.8 Å². The van der Waals surface area contributed by atoms with E-state index in [-0.39, 0.29) is 81.5 Å². The Kier molecular flexibility index (Phi) is 53.8. The number of unbranched alkanes of at least 4 members (excludes halogenated alkanes) is 9. The lowest BCUT2D eigenvalue weighted by atomic mass is 9.90. The molecule has 1 unspecified atom stereocenters. The molecule has 2 atom stereocenters. The maximum absolute atomic E-state index is 12.5. The number of halogens is 15. The van der Waals surface area contributed by atoms with Crippen molar-refractivity contribution in [2.45, 2.75) is 182 Å². The summed E-state index contributed by atoms with van der Waals surface area (Å²) < 4.78 is 200. The van der Waals surface area contributed by atoms with Crippen LogP contribution in [0.5, 0.6) is 23.0 Å². The highest BCUT2D eigenvalue weighted by molar-refractivity contribution is 7.91. The topological polar surface area (TPSA) is 213 Å². The van der Waals surface area contributed by atoms with E-state index in [0.29, 0.717) is 39.6 Å². The van der Waals surface area contributed by atoms with Crippen molar-refractivity contribution in [3.8, 4) is 23.0 Å². The molecule has 10 aromatic rings. The number of ether oxygens (including phenoxy) is 4. The molecule has 34 heteroatoms. The number of benzene rings is 10. The van der Waals surface area contributed by atoms with Crippen LogP contribution in [0.3, 0.4) is 0 Å². The van der Waals surface area contributed by atoms with E-state index in [0.717, 1.165) is 99.5 Å². The van der Waals surface area contributed by atoms with Gasteiger partial charge in [-0.3, -0.25) is 28.8 Å². The van der Waals surface area contributed by atoms with E-state index in [1.165, 1.54) is 115 Å². The second kappa shape index (κ2) is 61.9. The van der Waals surface area contributed by atoms with Crippen LogP contribution in [0.4, 0.5) is 52.7 Å². The summed E-state index contributed by atoms with van der Waals surface area (Å²) in [6, 6.07) is 77.5. The second-order valence-corrected chi connectivity index (χ2v) is 40.5. The molecular formula is C108H129Cl3F12N4O13SSi. The highest BCUT2D eigenvalue weighted by Gasteiger charge is 2.44. The third kappa shape index (κ3) is 45.4. The lowest BCUT2D eigenvalue weighted by Crippen LogP contribution is -2.58. The number of nitrogens with one attached hydrogen (secondary N) is 2. The minimum atomic E-state index is -5.00. The van der Waals surface area contributed by atoms with Gasteiger partial charge in [0.25, 0.3) is 43.3 Å². The minimum absolute atomic E-state index is 0. The van der Waals surface area contributed by atoms with Crippen molar-refractivity contribution in [2.24, 2.45) is 0 Å². The van der Waals surface area contributed by atoms with Crippen LogP contribution in [0.1, 0.15) is 185 Å². The summed E-state index contributed by atoms with van der Waals surface area (Å²) >= 11 is 18.3. The molecule has 0 saturated heterocycles. The third-order valence-electron chi connectivity index (χ3n) is 22.3. The number of Topliss-reactive ketones (excluding diaryl/α,β-unsaturated/α-hetero) is 4. The van der Waals surface area contributed by atoms with Crippen molar-refractivity contribution >= 4 is 98.3 Å². The fourth-order valence-electron chi connectivity index (χ4n) is 14.4. The van der Waals surface area contributed by atoms with Crippen molar-refractivity contribution in [1.29, 1.82) is 0 Å². The molecule has 17 nitrogen and oxygen atoms in total. The molecule has 0 aliphatic heterocycles. The Morgan fingerprint density at radius 3 is 1.10 bits per heavy atom. The fourth-order valence-corrected chi connectivity index (χ4v) is 18.8. The number of aryl methyl sites for hydroxylation is 3. The molecule has 0 aliphatic rings. The van der Waals surface area contributed by atoms with Gasteiger partial charge in [-0.2, -0.15) is 52.7 Å². The van der Waals surface area contributed by atoms with Gasteiger partial charge in [-0.25, -0.2) is 8.42 Å². The van der Waals surface area contributed by atoms with Crippen LogP contribution in [0, 0.1) is 6.92 Å². The number of hydrogen-bond acceptors (Lipinski definition) is 15. The van der Waals surface area contributed by atoms with Crippen molar-refractivity contribution in [1.82, 2.24) is 20.4 Å². The molecule has 774 valence electrons. The minimum Gasteiger partial charge on any atom is -0.493 e. The van der Waals surface area contributed by atoms with Crippen molar-refractivity contribution in [3.63, 3.8) is 0 Å². The zero-order valence-electron chi connectivity index (χ0n) is 78.1. The van der Waals surface area contributed by atoms with Crippen molar-refractivity contribution in [2.75, 3.05) is 91.3 Å². The average molecular weight is 2090 g/mol. The molecule has 0 bridgehead atoms. The molecule has 0 aliphatic carbocycles. The highest BCUT2D eigenvalue weighted by Crippen LogP contribution is 2.32. The zero-order chi connectivity index (χ0) is 102. The normalized spacial score (nSPS) is 11.9. The van der Waals surface area contributed by atoms with Crippen LogP contribution < -0.4 is 40.0 Å². The summed E-state index contributed by atoms with van der Waals surface area (Å²) in [4.78, 5) is 72.2. The van der Waals surface area contributed by atoms with Gasteiger partial charge < -0.3 is 43.8 Å².